The zero-order valence-electron chi connectivity index (χ0n) is 12.4. The van der Waals surface area contributed by atoms with Crippen LogP contribution in [0, 0.1) is 0 Å². The van der Waals surface area contributed by atoms with Crippen molar-refractivity contribution in [2.45, 2.75) is 13.3 Å². The van der Waals surface area contributed by atoms with Crippen molar-refractivity contribution >= 4 is 33.3 Å². The Kier molecular flexibility index (Phi) is 4.96. The summed E-state index contributed by atoms with van der Waals surface area (Å²) >= 11 is 3.36. The van der Waals surface area contributed by atoms with Crippen molar-refractivity contribution in [3.05, 3.63) is 52.1 Å². The summed E-state index contributed by atoms with van der Waals surface area (Å²) in [6, 6.07) is 9.77. The highest BCUT2D eigenvalue weighted by atomic mass is 79.9. The van der Waals surface area contributed by atoms with Crippen LogP contribution in [-0.4, -0.2) is 25.0 Å². The molecule has 0 aliphatic carbocycles. The Balaban J connectivity index is 2.32. The molecule has 0 unspecified atom stereocenters. The molecule has 0 fully saturated rings. The molecule has 1 heterocycles. The molecule has 1 amide bonds. The van der Waals surface area contributed by atoms with Gasteiger partial charge >= 0.3 is 0 Å². The summed E-state index contributed by atoms with van der Waals surface area (Å²) < 4.78 is 0.777. The van der Waals surface area contributed by atoms with Gasteiger partial charge in [-0.25, -0.2) is 4.98 Å². The van der Waals surface area contributed by atoms with Gasteiger partial charge in [0.15, 0.2) is 0 Å². The van der Waals surface area contributed by atoms with E-state index in [0.29, 0.717) is 11.4 Å². The Morgan fingerprint density at radius 1 is 1.33 bits per heavy atom. The van der Waals surface area contributed by atoms with Gasteiger partial charge in [0.25, 0.3) is 5.91 Å². The molecule has 0 aliphatic rings. The molecule has 2 rings (SSSR count). The van der Waals surface area contributed by atoms with E-state index in [9.17, 15) is 4.79 Å². The van der Waals surface area contributed by atoms with Crippen molar-refractivity contribution in [3.63, 3.8) is 0 Å². The number of anilines is 2. The maximum atomic E-state index is 12.7. The summed E-state index contributed by atoms with van der Waals surface area (Å²) in [5.74, 6) is 0.470. The second-order valence-electron chi connectivity index (χ2n) is 4.68. The quantitative estimate of drug-likeness (QED) is 0.916. The molecule has 0 bridgehead atoms. The van der Waals surface area contributed by atoms with Gasteiger partial charge in [0.1, 0.15) is 5.82 Å². The summed E-state index contributed by atoms with van der Waals surface area (Å²) in [6.45, 7) is 2.11. The van der Waals surface area contributed by atoms with E-state index < -0.39 is 0 Å². The van der Waals surface area contributed by atoms with Crippen LogP contribution in [0.5, 0.6) is 0 Å². The number of halogens is 1. The maximum Gasteiger partial charge on any atom is 0.261 e. The number of pyridine rings is 1. The number of hydrogen-bond acceptors (Lipinski definition) is 3. The first-order chi connectivity index (χ1) is 10.1. The van der Waals surface area contributed by atoms with Crippen LogP contribution in [0.3, 0.4) is 0 Å². The summed E-state index contributed by atoms with van der Waals surface area (Å²) in [4.78, 5) is 18.5. The smallest absolute Gasteiger partial charge is 0.261 e. The average molecular weight is 348 g/mol. The molecule has 0 saturated carbocycles. The van der Waals surface area contributed by atoms with E-state index in [1.54, 1.807) is 31.3 Å². The molecule has 2 aromatic rings. The lowest BCUT2D eigenvalue weighted by atomic mass is 10.1. The monoisotopic (exact) mass is 347 g/mol. The number of benzene rings is 1. The number of aryl methyl sites for hydroxylation is 1. The molecule has 0 spiro atoms. The molecule has 5 heteroatoms. The number of amides is 1. The van der Waals surface area contributed by atoms with Crippen LogP contribution in [0.25, 0.3) is 0 Å². The third-order valence-corrected chi connectivity index (χ3v) is 3.79. The van der Waals surface area contributed by atoms with Crippen molar-refractivity contribution in [2.75, 3.05) is 24.3 Å². The molecule has 0 aliphatic heterocycles. The predicted octanol–water partition coefficient (Wildman–Crippen LogP) is 3.72. The predicted molar refractivity (Wildman–Crippen MR) is 90.0 cm³/mol. The van der Waals surface area contributed by atoms with Crippen LogP contribution in [0.4, 0.5) is 11.5 Å². The number of nitrogens with zero attached hydrogens (tertiary/aromatic N) is 2. The van der Waals surface area contributed by atoms with Crippen molar-refractivity contribution in [1.29, 1.82) is 0 Å². The fraction of sp³-hybridized carbons (Fsp3) is 0.250. The number of carbonyl (C=O) groups excluding carboxylic acids is 1. The molecule has 0 atom stereocenters. The van der Waals surface area contributed by atoms with Gasteiger partial charge in [0.2, 0.25) is 0 Å². The standard InChI is InChI=1S/C16H18BrN3O/c1-4-11-5-7-13(8-6-11)20(3)16(21)14-9-12(17)10-19-15(14)18-2/h5-10H,4H2,1-3H3,(H,18,19). The summed E-state index contributed by atoms with van der Waals surface area (Å²) in [6.07, 6.45) is 2.65. The van der Waals surface area contributed by atoms with Crippen LogP contribution in [0.1, 0.15) is 22.8 Å². The maximum absolute atomic E-state index is 12.7. The molecule has 4 nitrogen and oxygen atoms in total. The first kappa shape index (κ1) is 15.5. The highest BCUT2D eigenvalue weighted by molar-refractivity contribution is 9.10. The minimum Gasteiger partial charge on any atom is -0.372 e. The Labute approximate surface area is 133 Å². The lowest BCUT2D eigenvalue weighted by molar-refractivity contribution is 0.0993. The van der Waals surface area contributed by atoms with Crippen molar-refractivity contribution < 1.29 is 4.79 Å². The van der Waals surface area contributed by atoms with E-state index in [2.05, 4.69) is 33.2 Å². The Bertz CT molecular complexity index is 640. The summed E-state index contributed by atoms with van der Waals surface area (Å²) in [5.41, 5.74) is 2.65. The highest BCUT2D eigenvalue weighted by Gasteiger charge is 2.18. The zero-order valence-corrected chi connectivity index (χ0v) is 13.9. The molecule has 1 aromatic heterocycles. The van der Waals surface area contributed by atoms with Crippen LogP contribution in [-0.2, 0) is 6.42 Å². The average Bonchev–Trinajstić information content (AvgIpc) is 2.53. The Morgan fingerprint density at radius 2 is 2.00 bits per heavy atom. The topological polar surface area (TPSA) is 45.2 Å². The van der Waals surface area contributed by atoms with Gasteiger partial charge in [-0.05, 0) is 46.1 Å². The third kappa shape index (κ3) is 3.42. The van der Waals surface area contributed by atoms with Crippen molar-refractivity contribution in [1.82, 2.24) is 4.98 Å². The number of carbonyl (C=O) groups is 1. The SMILES string of the molecule is CCc1ccc(N(C)C(=O)c2cc(Br)cnc2NC)cc1. The first-order valence-electron chi connectivity index (χ1n) is 6.77. The lowest BCUT2D eigenvalue weighted by Gasteiger charge is -2.19. The minimum absolute atomic E-state index is 0.0996. The van der Waals surface area contributed by atoms with E-state index >= 15 is 0 Å². The number of aromatic nitrogens is 1. The molecule has 110 valence electrons. The second-order valence-corrected chi connectivity index (χ2v) is 5.60. The van der Waals surface area contributed by atoms with E-state index in [-0.39, 0.29) is 5.91 Å². The Morgan fingerprint density at radius 3 is 2.57 bits per heavy atom. The van der Waals surface area contributed by atoms with Crippen LogP contribution in [0.15, 0.2) is 41.0 Å². The number of nitrogens with one attached hydrogen (secondary N) is 1. The van der Waals surface area contributed by atoms with E-state index in [1.165, 1.54) is 5.56 Å². The highest BCUT2D eigenvalue weighted by Crippen LogP contribution is 2.22. The van der Waals surface area contributed by atoms with Crippen LogP contribution >= 0.6 is 15.9 Å². The van der Waals surface area contributed by atoms with Crippen LogP contribution < -0.4 is 10.2 Å². The van der Waals surface area contributed by atoms with Gasteiger partial charge < -0.3 is 10.2 Å². The first-order valence-corrected chi connectivity index (χ1v) is 7.56. The van der Waals surface area contributed by atoms with E-state index in [1.807, 2.05) is 24.3 Å². The number of rotatable bonds is 4. The fourth-order valence-corrected chi connectivity index (χ4v) is 2.39. The molecule has 0 saturated heterocycles. The molecule has 0 radical (unpaired) electrons. The van der Waals surface area contributed by atoms with E-state index in [0.717, 1.165) is 16.6 Å². The van der Waals surface area contributed by atoms with Crippen LogP contribution in [0.2, 0.25) is 0 Å². The summed E-state index contributed by atoms with van der Waals surface area (Å²) in [5, 5.41) is 2.95. The van der Waals surface area contributed by atoms with Gasteiger partial charge in [-0.2, -0.15) is 0 Å². The van der Waals surface area contributed by atoms with Gasteiger partial charge in [0.05, 0.1) is 5.56 Å². The molecular weight excluding hydrogens is 330 g/mol. The normalized spacial score (nSPS) is 10.3. The molecule has 1 N–H and O–H groups in total. The van der Waals surface area contributed by atoms with Gasteiger partial charge in [0, 0.05) is 30.5 Å². The molecule has 1 aromatic carbocycles. The fourth-order valence-electron chi connectivity index (χ4n) is 2.05. The molecular formula is C16H18BrN3O. The van der Waals surface area contributed by atoms with Gasteiger partial charge in [-0.15, -0.1) is 0 Å². The lowest BCUT2D eigenvalue weighted by Crippen LogP contribution is -2.27. The van der Waals surface area contributed by atoms with Gasteiger partial charge in [-0.3, -0.25) is 4.79 Å². The van der Waals surface area contributed by atoms with Crippen molar-refractivity contribution in [3.8, 4) is 0 Å². The third-order valence-electron chi connectivity index (χ3n) is 3.36. The zero-order chi connectivity index (χ0) is 15.4. The van der Waals surface area contributed by atoms with Gasteiger partial charge in [-0.1, -0.05) is 19.1 Å². The number of hydrogen-bond donors (Lipinski definition) is 1. The second kappa shape index (κ2) is 6.72. The Hall–Kier alpha value is -1.88. The molecule has 21 heavy (non-hydrogen) atoms. The minimum atomic E-state index is -0.0996. The summed E-state index contributed by atoms with van der Waals surface area (Å²) in [7, 11) is 3.52. The van der Waals surface area contributed by atoms with Crippen molar-refractivity contribution in [2.24, 2.45) is 0 Å². The van der Waals surface area contributed by atoms with E-state index in [4.69, 9.17) is 0 Å². The largest absolute Gasteiger partial charge is 0.372 e.